The van der Waals surface area contributed by atoms with Crippen LogP contribution in [0.1, 0.15) is 13.3 Å². The van der Waals surface area contributed by atoms with Crippen molar-refractivity contribution in [1.82, 2.24) is 0 Å². The van der Waals surface area contributed by atoms with Crippen molar-refractivity contribution >= 4 is 23.2 Å². The van der Waals surface area contributed by atoms with Crippen LogP contribution in [0.5, 0.6) is 5.75 Å². The second-order valence-corrected chi connectivity index (χ2v) is 4.10. The second kappa shape index (κ2) is 4.08. The Hall–Kier alpha value is -2.04. The van der Waals surface area contributed by atoms with E-state index in [2.05, 4.69) is 0 Å². The Labute approximate surface area is 99.2 Å². The Morgan fingerprint density at radius 3 is 2.65 bits per heavy atom. The molecule has 0 aliphatic carbocycles. The van der Waals surface area contributed by atoms with Gasteiger partial charge in [0, 0.05) is 18.0 Å². The lowest BCUT2D eigenvalue weighted by atomic mass is 10.1. The highest BCUT2D eigenvalue weighted by Gasteiger charge is 2.38. The van der Waals surface area contributed by atoms with E-state index in [0.29, 0.717) is 17.1 Å². The molecule has 0 radical (unpaired) electrons. The van der Waals surface area contributed by atoms with E-state index in [9.17, 15) is 9.59 Å². The summed E-state index contributed by atoms with van der Waals surface area (Å²) in [4.78, 5) is 24.8. The van der Waals surface area contributed by atoms with Crippen molar-refractivity contribution in [3.05, 3.63) is 18.2 Å². The van der Waals surface area contributed by atoms with Gasteiger partial charge in [0.2, 0.25) is 11.8 Å². The number of nitrogen functional groups attached to an aromatic ring is 1. The van der Waals surface area contributed by atoms with Gasteiger partial charge in [0.1, 0.15) is 5.75 Å². The normalized spacial score (nSPS) is 19.9. The maximum Gasteiger partial charge on any atom is 0.237 e. The smallest absolute Gasteiger partial charge is 0.237 e. The number of methoxy groups -OCH3 is 1. The van der Waals surface area contributed by atoms with Gasteiger partial charge in [-0.2, -0.15) is 0 Å². The van der Waals surface area contributed by atoms with Crippen molar-refractivity contribution in [2.75, 3.05) is 17.7 Å². The van der Waals surface area contributed by atoms with E-state index >= 15 is 0 Å². The molecule has 1 heterocycles. The predicted octanol–water partition coefficient (Wildman–Crippen LogP) is 1.18. The molecule has 1 aromatic carbocycles. The molecule has 1 aliphatic rings. The predicted molar refractivity (Wildman–Crippen MR) is 63.7 cm³/mol. The zero-order chi connectivity index (χ0) is 12.6. The summed E-state index contributed by atoms with van der Waals surface area (Å²) in [6.07, 6.45) is 0.233. The number of nitrogens with zero attached hydrogens (tertiary/aromatic N) is 1. The van der Waals surface area contributed by atoms with Gasteiger partial charge in [-0.25, -0.2) is 4.90 Å². The first-order chi connectivity index (χ1) is 8.04. The number of benzene rings is 1. The maximum absolute atomic E-state index is 11.9. The molecule has 0 saturated carbocycles. The molecule has 2 amide bonds. The van der Waals surface area contributed by atoms with E-state index in [0.717, 1.165) is 4.90 Å². The average molecular weight is 234 g/mol. The molecule has 90 valence electrons. The lowest BCUT2D eigenvalue weighted by Crippen LogP contribution is -2.30. The van der Waals surface area contributed by atoms with Crippen LogP contribution in [0.4, 0.5) is 11.4 Å². The van der Waals surface area contributed by atoms with E-state index in [-0.39, 0.29) is 24.2 Å². The summed E-state index contributed by atoms with van der Waals surface area (Å²) in [5, 5.41) is 0. The summed E-state index contributed by atoms with van der Waals surface area (Å²) in [6, 6.07) is 4.89. The summed E-state index contributed by atoms with van der Waals surface area (Å²) in [5.74, 6) is -0.242. The molecule has 0 aromatic heterocycles. The van der Waals surface area contributed by atoms with Crippen molar-refractivity contribution < 1.29 is 14.3 Å². The van der Waals surface area contributed by atoms with Gasteiger partial charge < -0.3 is 10.5 Å². The number of carbonyl (C=O) groups is 2. The van der Waals surface area contributed by atoms with Gasteiger partial charge in [-0.1, -0.05) is 6.92 Å². The van der Waals surface area contributed by atoms with Crippen LogP contribution in [0.15, 0.2) is 18.2 Å². The molecule has 0 bridgehead atoms. The molecule has 0 spiro atoms. The number of rotatable bonds is 2. The van der Waals surface area contributed by atoms with Crippen molar-refractivity contribution in [2.24, 2.45) is 5.92 Å². The van der Waals surface area contributed by atoms with Gasteiger partial charge >= 0.3 is 0 Å². The zero-order valence-electron chi connectivity index (χ0n) is 9.77. The number of anilines is 2. The topological polar surface area (TPSA) is 72.6 Å². The molecule has 17 heavy (non-hydrogen) atoms. The van der Waals surface area contributed by atoms with Gasteiger partial charge in [0.05, 0.1) is 12.8 Å². The summed E-state index contributed by atoms with van der Waals surface area (Å²) in [7, 11) is 1.49. The van der Waals surface area contributed by atoms with Crippen LogP contribution in [0.25, 0.3) is 0 Å². The Morgan fingerprint density at radius 1 is 1.41 bits per heavy atom. The Kier molecular flexibility index (Phi) is 2.75. The summed E-state index contributed by atoms with van der Waals surface area (Å²) in [6.45, 7) is 1.74. The Morgan fingerprint density at radius 2 is 2.12 bits per heavy atom. The highest BCUT2D eigenvalue weighted by atomic mass is 16.5. The highest BCUT2D eigenvalue weighted by molar-refractivity contribution is 6.21. The van der Waals surface area contributed by atoms with Crippen LogP contribution in [0.2, 0.25) is 0 Å². The van der Waals surface area contributed by atoms with Crippen LogP contribution in [0, 0.1) is 5.92 Å². The monoisotopic (exact) mass is 234 g/mol. The van der Waals surface area contributed by atoms with E-state index in [1.807, 2.05) is 0 Å². The lowest BCUT2D eigenvalue weighted by Gasteiger charge is -2.18. The third-order valence-corrected chi connectivity index (χ3v) is 2.82. The number of imide groups is 1. The maximum atomic E-state index is 11.9. The van der Waals surface area contributed by atoms with Crippen LogP contribution >= 0.6 is 0 Å². The van der Waals surface area contributed by atoms with Crippen LogP contribution in [0.3, 0.4) is 0 Å². The van der Waals surface area contributed by atoms with Crippen LogP contribution < -0.4 is 15.4 Å². The molecule has 5 heteroatoms. The van der Waals surface area contributed by atoms with Gasteiger partial charge in [-0.3, -0.25) is 9.59 Å². The molecule has 1 aromatic rings. The molecule has 1 fully saturated rings. The van der Waals surface area contributed by atoms with Crippen molar-refractivity contribution in [3.63, 3.8) is 0 Å². The van der Waals surface area contributed by atoms with E-state index in [4.69, 9.17) is 10.5 Å². The molecule has 1 saturated heterocycles. The fraction of sp³-hybridized carbons (Fsp3) is 0.333. The molecule has 2 rings (SSSR count). The number of hydrogen-bond donors (Lipinski definition) is 1. The minimum Gasteiger partial charge on any atom is -0.495 e. The number of nitrogens with two attached hydrogens (primary N) is 1. The first-order valence-electron chi connectivity index (χ1n) is 5.35. The highest BCUT2D eigenvalue weighted by Crippen LogP contribution is 2.35. The summed E-state index contributed by atoms with van der Waals surface area (Å²) < 4.78 is 5.14. The van der Waals surface area contributed by atoms with Crippen LogP contribution in [-0.2, 0) is 9.59 Å². The molecule has 2 N–H and O–H groups in total. The summed E-state index contributed by atoms with van der Waals surface area (Å²) in [5.41, 5.74) is 6.58. The molecule has 5 nitrogen and oxygen atoms in total. The molecular weight excluding hydrogens is 220 g/mol. The van der Waals surface area contributed by atoms with E-state index in [1.54, 1.807) is 25.1 Å². The molecule has 1 aliphatic heterocycles. The fourth-order valence-corrected chi connectivity index (χ4v) is 1.92. The Balaban J connectivity index is 2.49. The fourth-order valence-electron chi connectivity index (χ4n) is 1.92. The number of carbonyl (C=O) groups excluding carboxylic acids is 2. The van der Waals surface area contributed by atoms with Gasteiger partial charge in [0.25, 0.3) is 0 Å². The number of ether oxygens (including phenoxy) is 1. The first-order valence-corrected chi connectivity index (χ1v) is 5.35. The SMILES string of the molecule is COc1ccc(N)cc1N1C(=O)CC(C)C1=O. The average Bonchev–Trinajstić information content (AvgIpc) is 2.53. The van der Waals surface area contributed by atoms with Crippen molar-refractivity contribution in [1.29, 1.82) is 0 Å². The lowest BCUT2D eigenvalue weighted by molar-refractivity contribution is -0.122. The number of amides is 2. The molecule has 1 unspecified atom stereocenters. The van der Waals surface area contributed by atoms with Crippen molar-refractivity contribution in [3.8, 4) is 5.75 Å². The quantitative estimate of drug-likeness (QED) is 0.616. The van der Waals surface area contributed by atoms with Gasteiger partial charge in [-0.15, -0.1) is 0 Å². The standard InChI is InChI=1S/C12H14N2O3/c1-7-5-11(15)14(12(7)16)9-6-8(13)3-4-10(9)17-2/h3-4,6-7H,5,13H2,1-2H3. The summed E-state index contributed by atoms with van der Waals surface area (Å²) >= 11 is 0. The Bertz CT molecular complexity index is 485. The minimum absolute atomic E-state index is 0.209. The first kappa shape index (κ1) is 11.4. The minimum atomic E-state index is -0.284. The van der Waals surface area contributed by atoms with Crippen molar-refractivity contribution in [2.45, 2.75) is 13.3 Å². The second-order valence-electron chi connectivity index (χ2n) is 4.10. The zero-order valence-corrected chi connectivity index (χ0v) is 9.77. The largest absolute Gasteiger partial charge is 0.495 e. The third-order valence-electron chi connectivity index (χ3n) is 2.82. The number of hydrogen-bond acceptors (Lipinski definition) is 4. The third kappa shape index (κ3) is 1.84. The molecular formula is C12H14N2O3. The van der Waals surface area contributed by atoms with Crippen LogP contribution in [-0.4, -0.2) is 18.9 Å². The molecule has 1 atom stereocenters. The van der Waals surface area contributed by atoms with E-state index < -0.39 is 0 Å². The van der Waals surface area contributed by atoms with Gasteiger partial charge in [0.15, 0.2) is 0 Å². The van der Waals surface area contributed by atoms with Gasteiger partial charge in [-0.05, 0) is 18.2 Å². The van der Waals surface area contributed by atoms with E-state index in [1.165, 1.54) is 7.11 Å².